The summed E-state index contributed by atoms with van der Waals surface area (Å²) >= 11 is 0. The van der Waals surface area contributed by atoms with Gasteiger partial charge in [-0.25, -0.2) is 8.42 Å². The molecular formula is C17H22N2O5S. The Hall–Kier alpha value is -2.06. The number of benzene rings is 1. The molecule has 0 spiro atoms. The van der Waals surface area contributed by atoms with Crippen LogP contribution in [0.5, 0.6) is 11.5 Å². The Morgan fingerprint density at radius 1 is 1.16 bits per heavy atom. The van der Waals surface area contributed by atoms with E-state index in [1.807, 2.05) is 18.2 Å². The highest BCUT2D eigenvalue weighted by Crippen LogP contribution is 2.32. The van der Waals surface area contributed by atoms with E-state index in [1.54, 1.807) is 4.90 Å². The molecule has 0 unspecified atom stereocenters. The second kappa shape index (κ2) is 7.45. The summed E-state index contributed by atoms with van der Waals surface area (Å²) in [4.78, 5) is 16.0. The topological polar surface area (TPSA) is 76.2 Å². The van der Waals surface area contributed by atoms with E-state index in [9.17, 15) is 13.2 Å². The maximum atomic E-state index is 12.1. The summed E-state index contributed by atoms with van der Waals surface area (Å²) in [5.74, 6) is 0.590. The van der Waals surface area contributed by atoms with Crippen LogP contribution in [0.1, 0.15) is 5.56 Å². The van der Waals surface area contributed by atoms with E-state index in [-0.39, 0.29) is 18.5 Å². The molecule has 2 aliphatic heterocycles. The molecule has 0 aromatic heterocycles. The minimum absolute atomic E-state index is 0.164. The van der Waals surface area contributed by atoms with Gasteiger partial charge in [0.1, 0.15) is 5.75 Å². The lowest BCUT2D eigenvalue weighted by Crippen LogP contribution is -2.49. The van der Waals surface area contributed by atoms with Crippen LogP contribution in [0.25, 0.3) is 0 Å². The molecule has 25 heavy (non-hydrogen) atoms. The van der Waals surface area contributed by atoms with Crippen LogP contribution in [0.2, 0.25) is 0 Å². The minimum atomic E-state index is -3.40. The summed E-state index contributed by atoms with van der Waals surface area (Å²) in [5, 5.41) is 0. The van der Waals surface area contributed by atoms with Crippen molar-refractivity contribution in [2.45, 2.75) is 6.54 Å². The smallest absolute Gasteiger partial charge is 0.237 e. The molecule has 0 N–H and O–H groups in total. The Balaban J connectivity index is 1.50. The molecule has 0 saturated carbocycles. The molecule has 7 nitrogen and oxygen atoms in total. The molecule has 136 valence electrons. The van der Waals surface area contributed by atoms with E-state index in [0.717, 1.165) is 23.6 Å². The fraction of sp³-hybridized carbons (Fsp3) is 0.471. The lowest BCUT2D eigenvalue weighted by atomic mass is 10.1. The second-order valence-corrected chi connectivity index (χ2v) is 8.30. The van der Waals surface area contributed by atoms with Gasteiger partial charge < -0.3 is 14.4 Å². The van der Waals surface area contributed by atoms with Crippen molar-refractivity contribution in [3.8, 4) is 11.5 Å². The van der Waals surface area contributed by atoms with E-state index >= 15 is 0 Å². The molecule has 0 bridgehead atoms. The first-order chi connectivity index (χ1) is 12.0. The predicted octanol–water partition coefficient (Wildman–Crippen LogP) is 0.660. The van der Waals surface area contributed by atoms with Crippen molar-refractivity contribution in [1.82, 2.24) is 9.80 Å². The summed E-state index contributed by atoms with van der Waals surface area (Å²) in [7, 11) is -3.40. The Morgan fingerprint density at radius 3 is 2.60 bits per heavy atom. The number of piperazine rings is 1. The van der Waals surface area contributed by atoms with Crippen molar-refractivity contribution in [1.29, 1.82) is 0 Å². The Kier molecular flexibility index (Phi) is 5.29. The zero-order chi connectivity index (χ0) is 17.9. The number of hydrogen-bond acceptors (Lipinski definition) is 6. The molecule has 1 aromatic rings. The third-order valence-corrected chi connectivity index (χ3v) is 5.71. The van der Waals surface area contributed by atoms with Crippen LogP contribution in [0.15, 0.2) is 30.9 Å². The van der Waals surface area contributed by atoms with Gasteiger partial charge in [0, 0.05) is 32.7 Å². The Morgan fingerprint density at radius 2 is 1.88 bits per heavy atom. The van der Waals surface area contributed by atoms with Gasteiger partial charge in [-0.2, -0.15) is 0 Å². The number of rotatable bonds is 6. The maximum Gasteiger partial charge on any atom is 0.237 e. The van der Waals surface area contributed by atoms with Crippen LogP contribution in [0.3, 0.4) is 0 Å². The van der Waals surface area contributed by atoms with Crippen LogP contribution < -0.4 is 9.47 Å². The number of carbonyl (C=O) groups excluding carboxylic acids is 1. The van der Waals surface area contributed by atoms with Crippen LogP contribution in [-0.2, 0) is 21.2 Å². The van der Waals surface area contributed by atoms with Gasteiger partial charge in [0.2, 0.25) is 12.7 Å². The summed E-state index contributed by atoms with van der Waals surface area (Å²) in [6.45, 7) is 6.91. The molecule has 3 rings (SSSR count). The van der Waals surface area contributed by atoms with Crippen molar-refractivity contribution in [2.24, 2.45) is 0 Å². The summed E-state index contributed by atoms with van der Waals surface area (Å²) < 4.78 is 34.2. The van der Waals surface area contributed by atoms with E-state index in [2.05, 4.69) is 11.5 Å². The summed E-state index contributed by atoms with van der Waals surface area (Å²) in [6.07, 6.45) is 1.31. The number of ether oxygens (including phenoxy) is 2. The van der Waals surface area contributed by atoms with Gasteiger partial charge in [-0.3, -0.25) is 9.69 Å². The average molecular weight is 366 g/mol. The quantitative estimate of drug-likeness (QED) is 0.689. The summed E-state index contributed by atoms with van der Waals surface area (Å²) in [6, 6.07) is 5.89. The molecule has 1 saturated heterocycles. The first-order valence-corrected chi connectivity index (χ1v) is 9.99. The van der Waals surface area contributed by atoms with Gasteiger partial charge in [-0.05, 0) is 17.7 Å². The molecule has 2 aliphatic rings. The van der Waals surface area contributed by atoms with Gasteiger partial charge in [-0.1, -0.05) is 12.1 Å². The number of amides is 1. The SMILES string of the molecule is C=CCS(=O)(=O)CC(=O)N1CCN(Cc2ccc3c(c2)OCO3)CC1. The normalized spacial score (nSPS) is 17.5. The van der Waals surface area contributed by atoms with E-state index in [1.165, 1.54) is 6.08 Å². The number of fused-ring (bicyclic) bond motifs is 1. The van der Waals surface area contributed by atoms with Crippen molar-refractivity contribution in [3.63, 3.8) is 0 Å². The standard InChI is InChI=1S/C17H22N2O5S/c1-2-9-25(21,22)12-17(20)19-7-5-18(6-8-19)11-14-3-4-15-16(10-14)24-13-23-15/h2-4,10H,1,5-9,11-13H2. The molecule has 1 amide bonds. The Bertz CT molecular complexity index is 754. The highest BCUT2D eigenvalue weighted by Gasteiger charge is 2.25. The summed E-state index contributed by atoms with van der Waals surface area (Å²) in [5.41, 5.74) is 1.12. The zero-order valence-electron chi connectivity index (χ0n) is 14.0. The highest BCUT2D eigenvalue weighted by molar-refractivity contribution is 7.92. The van der Waals surface area contributed by atoms with Gasteiger partial charge >= 0.3 is 0 Å². The van der Waals surface area contributed by atoms with Crippen LogP contribution >= 0.6 is 0 Å². The maximum absolute atomic E-state index is 12.1. The van der Waals surface area contributed by atoms with Crippen molar-refractivity contribution in [2.75, 3.05) is 44.5 Å². The highest BCUT2D eigenvalue weighted by atomic mass is 32.2. The fourth-order valence-electron chi connectivity index (χ4n) is 2.97. The lowest BCUT2D eigenvalue weighted by Gasteiger charge is -2.34. The van der Waals surface area contributed by atoms with Crippen LogP contribution in [0, 0.1) is 0 Å². The predicted molar refractivity (Wildman–Crippen MR) is 93.3 cm³/mol. The van der Waals surface area contributed by atoms with Gasteiger partial charge in [0.15, 0.2) is 21.3 Å². The Labute approximate surface area is 147 Å². The third-order valence-electron chi connectivity index (χ3n) is 4.28. The number of sulfone groups is 1. The molecule has 0 atom stereocenters. The number of nitrogens with zero attached hydrogens (tertiary/aromatic N) is 2. The van der Waals surface area contributed by atoms with E-state index in [0.29, 0.717) is 26.2 Å². The van der Waals surface area contributed by atoms with E-state index < -0.39 is 15.6 Å². The third kappa shape index (κ3) is 4.52. The average Bonchev–Trinajstić information content (AvgIpc) is 3.02. The largest absolute Gasteiger partial charge is 0.454 e. The molecule has 8 heteroatoms. The number of hydrogen-bond donors (Lipinski definition) is 0. The fourth-order valence-corrected chi connectivity index (χ4v) is 4.01. The minimum Gasteiger partial charge on any atom is -0.454 e. The van der Waals surface area contributed by atoms with Crippen LogP contribution in [0.4, 0.5) is 0 Å². The zero-order valence-corrected chi connectivity index (χ0v) is 14.8. The van der Waals surface area contributed by atoms with Crippen molar-refractivity contribution >= 4 is 15.7 Å². The first-order valence-electron chi connectivity index (χ1n) is 8.17. The van der Waals surface area contributed by atoms with Crippen molar-refractivity contribution < 1.29 is 22.7 Å². The van der Waals surface area contributed by atoms with Gasteiger partial charge in [0.05, 0.1) is 5.75 Å². The second-order valence-electron chi connectivity index (χ2n) is 6.19. The van der Waals surface area contributed by atoms with Crippen LogP contribution in [-0.4, -0.2) is 68.6 Å². The van der Waals surface area contributed by atoms with Gasteiger partial charge in [0.25, 0.3) is 0 Å². The molecular weight excluding hydrogens is 344 g/mol. The molecule has 2 heterocycles. The molecule has 0 aliphatic carbocycles. The first kappa shape index (κ1) is 17.8. The number of carbonyl (C=O) groups is 1. The monoisotopic (exact) mass is 366 g/mol. The lowest BCUT2D eigenvalue weighted by molar-refractivity contribution is -0.130. The molecule has 0 radical (unpaired) electrons. The molecule has 1 fully saturated rings. The van der Waals surface area contributed by atoms with Gasteiger partial charge in [-0.15, -0.1) is 6.58 Å². The molecule has 1 aromatic carbocycles. The van der Waals surface area contributed by atoms with E-state index in [4.69, 9.17) is 9.47 Å². The van der Waals surface area contributed by atoms with Crippen molar-refractivity contribution in [3.05, 3.63) is 36.4 Å².